The second-order valence-electron chi connectivity index (χ2n) is 6.28. The van der Waals surface area contributed by atoms with Gasteiger partial charge in [-0.3, -0.25) is 14.8 Å². The molecule has 3 fully saturated rings. The molecule has 5 heteroatoms. The van der Waals surface area contributed by atoms with Gasteiger partial charge in [0.1, 0.15) is 5.78 Å². The van der Waals surface area contributed by atoms with E-state index in [1.807, 2.05) is 13.8 Å². The molecule has 0 amide bonds. The van der Waals surface area contributed by atoms with Gasteiger partial charge in [-0.25, -0.2) is 4.58 Å². The molecule has 2 saturated heterocycles. The molecule has 0 aromatic rings. The molecule has 4 rings (SSSR count). The molecule has 4 nitrogen and oxygen atoms in total. The number of ketones is 1. The molecule has 0 spiro atoms. The van der Waals surface area contributed by atoms with E-state index in [1.54, 1.807) is 18.9 Å². The summed E-state index contributed by atoms with van der Waals surface area (Å²) in [5, 5.41) is 3.64. The summed E-state index contributed by atoms with van der Waals surface area (Å²) in [7, 11) is 0. The molecule has 1 saturated carbocycles. The number of carbonyl (C=O) groups excluding carboxylic acids is 1. The highest BCUT2D eigenvalue weighted by molar-refractivity contribution is 7.99. The van der Waals surface area contributed by atoms with E-state index in [1.165, 1.54) is 18.4 Å². The van der Waals surface area contributed by atoms with Crippen molar-refractivity contribution in [1.82, 2.24) is 10.0 Å². The van der Waals surface area contributed by atoms with E-state index in [-0.39, 0.29) is 6.68 Å². The summed E-state index contributed by atoms with van der Waals surface area (Å²) < 4.78 is 5.87. The first kappa shape index (κ1) is 16.2. The standard InChI is InChI=1S/C15H21N3OS.C2H6.H2/c1-9(19)15-13(10-2-3-10)14(17-20-15)11-4-6-18-7-5-16-12(18)8-11;1-2;/h4,6,8,10,12-17H,2-3,5,7H2,1H3;1-2H3;1H/q+1;;. The minimum atomic E-state index is 0. The van der Waals surface area contributed by atoms with Crippen molar-refractivity contribution in [2.45, 2.75) is 51.1 Å². The molecule has 1 aliphatic carbocycles. The Kier molecular flexibility index (Phi) is 5.05. The van der Waals surface area contributed by atoms with E-state index >= 15 is 0 Å². The van der Waals surface area contributed by atoms with Gasteiger partial charge in [-0.2, -0.15) is 0 Å². The average Bonchev–Trinajstić information content (AvgIpc) is 3.11. The summed E-state index contributed by atoms with van der Waals surface area (Å²) in [6.07, 6.45) is 9.70. The van der Waals surface area contributed by atoms with Gasteiger partial charge in [-0.05, 0) is 31.3 Å². The first-order chi connectivity index (χ1) is 10.7. The Labute approximate surface area is 139 Å². The van der Waals surface area contributed by atoms with Crippen LogP contribution in [0.25, 0.3) is 0 Å². The van der Waals surface area contributed by atoms with E-state index in [0.717, 1.165) is 19.0 Å². The third-order valence-electron chi connectivity index (χ3n) is 4.87. The van der Waals surface area contributed by atoms with Crippen molar-refractivity contribution in [1.29, 1.82) is 0 Å². The van der Waals surface area contributed by atoms with Crippen molar-refractivity contribution in [3.8, 4) is 0 Å². The summed E-state index contributed by atoms with van der Waals surface area (Å²) in [4.78, 5) is 11.9. The summed E-state index contributed by atoms with van der Waals surface area (Å²) in [5.41, 5.74) is 1.36. The molecular weight excluding hydrogens is 294 g/mol. The van der Waals surface area contributed by atoms with Gasteiger partial charge in [-0.15, -0.1) is 0 Å². The van der Waals surface area contributed by atoms with Gasteiger partial charge in [0.25, 0.3) is 0 Å². The second kappa shape index (κ2) is 6.85. The van der Waals surface area contributed by atoms with Gasteiger partial charge in [0.2, 0.25) is 6.17 Å². The van der Waals surface area contributed by atoms with E-state index in [2.05, 4.69) is 33.3 Å². The van der Waals surface area contributed by atoms with Crippen molar-refractivity contribution >= 4 is 23.9 Å². The van der Waals surface area contributed by atoms with Crippen LogP contribution in [0.15, 0.2) is 11.6 Å². The average molecular weight is 324 g/mol. The Morgan fingerprint density at radius 3 is 2.86 bits per heavy atom. The Bertz CT molecular complexity index is 504. The lowest BCUT2D eigenvalue weighted by molar-refractivity contribution is -0.533. The van der Waals surface area contributed by atoms with Crippen LogP contribution in [-0.2, 0) is 4.79 Å². The predicted molar refractivity (Wildman–Crippen MR) is 94.0 cm³/mol. The van der Waals surface area contributed by atoms with Crippen molar-refractivity contribution in [2.24, 2.45) is 11.8 Å². The van der Waals surface area contributed by atoms with Crippen LogP contribution in [0.2, 0.25) is 0 Å². The maximum absolute atomic E-state index is 11.9. The highest BCUT2D eigenvalue weighted by atomic mass is 32.2. The molecule has 123 valence electrons. The van der Waals surface area contributed by atoms with E-state index in [4.69, 9.17) is 0 Å². The van der Waals surface area contributed by atoms with Crippen LogP contribution < -0.4 is 10.0 Å². The summed E-state index contributed by atoms with van der Waals surface area (Å²) in [6.45, 7) is 7.87. The molecule has 0 aromatic heterocycles. The topological polar surface area (TPSA) is 44.1 Å². The second-order valence-corrected chi connectivity index (χ2v) is 7.26. The number of Topliss-reactive ketones (excluding diaryl/α,β-unsaturated/α-hetero) is 1. The van der Waals surface area contributed by atoms with Gasteiger partial charge in [0, 0.05) is 19.5 Å². The lowest BCUT2D eigenvalue weighted by atomic mass is 9.83. The number of rotatable bonds is 3. The molecule has 2 N–H and O–H groups in total. The molecular formula is C17H29N3OS+. The third kappa shape index (κ3) is 3.03. The molecule has 4 aliphatic rings. The van der Waals surface area contributed by atoms with Gasteiger partial charge in [-0.1, -0.05) is 25.8 Å². The molecule has 0 bridgehead atoms. The van der Waals surface area contributed by atoms with Crippen LogP contribution in [0.5, 0.6) is 0 Å². The molecule has 4 atom stereocenters. The van der Waals surface area contributed by atoms with Crippen LogP contribution in [0, 0.1) is 18.3 Å². The Balaban J connectivity index is 0.000000617. The van der Waals surface area contributed by atoms with Gasteiger partial charge in [0.05, 0.1) is 18.2 Å². The number of hydrogen-bond acceptors (Lipinski definition) is 4. The maximum Gasteiger partial charge on any atom is 0.214 e. The zero-order chi connectivity index (χ0) is 15.7. The number of fused-ring (bicyclic) bond motifs is 1. The van der Waals surface area contributed by atoms with E-state index < -0.39 is 0 Å². The lowest BCUT2D eigenvalue weighted by Gasteiger charge is -2.25. The number of carbonyl (C=O) groups is 1. The summed E-state index contributed by atoms with van der Waals surface area (Å²) >= 11 is 1.65. The smallest absolute Gasteiger partial charge is 0.214 e. The minimum Gasteiger partial charge on any atom is -0.299 e. The Morgan fingerprint density at radius 1 is 1.41 bits per heavy atom. The first-order valence-electron chi connectivity index (χ1n) is 8.55. The molecule has 4 unspecified atom stereocenters. The molecule has 3 heterocycles. The minimum absolute atomic E-state index is 0. The Hall–Kier alpha value is -0.650. The van der Waals surface area contributed by atoms with E-state index in [0.29, 0.717) is 23.9 Å². The fraction of sp³-hybridized carbons (Fsp3) is 0.706. The molecule has 22 heavy (non-hydrogen) atoms. The monoisotopic (exact) mass is 323 g/mol. The van der Waals surface area contributed by atoms with Gasteiger partial charge < -0.3 is 0 Å². The third-order valence-corrected chi connectivity index (χ3v) is 6.16. The van der Waals surface area contributed by atoms with Crippen molar-refractivity contribution in [3.63, 3.8) is 0 Å². The summed E-state index contributed by atoms with van der Waals surface area (Å²) in [6, 6.07) is 0.335. The molecule has 1 radical (unpaired) electrons. The highest BCUT2D eigenvalue weighted by Crippen LogP contribution is 2.48. The van der Waals surface area contributed by atoms with Gasteiger partial charge in [0.15, 0.2) is 12.8 Å². The van der Waals surface area contributed by atoms with Crippen LogP contribution >= 0.6 is 11.9 Å². The van der Waals surface area contributed by atoms with Crippen LogP contribution in [0.4, 0.5) is 0 Å². The van der Waals surface area contributed by atoms with Crippen molar-refractivity contribution in [2.75, 3.05) is 13.1 Å². The van der Waals surface area contributed by atoms with Crippen molar-refractivity contribution < 1.29 is 10.8 Å². The van der Waals surface area contributed by atoms with Crippen LogP contribution in [0.3, 0.4) is 0 Å². The highest BCUT2D eigenvalue weighted by Gasteiger charge is 2.49. The van der Waals surface area contributed by atoms with E-state index in [9.17, 15) is 4.79 Å². The quantitative estimate of drug-likeness (QED) is 0.616. The number of nitrogens with one attached hydrogen (secondary N) is 2. The predicted octanol–water partition coefficient (Wildman–Crippen LogP) is 2.02. The van der Waals surface area contributed by atoms with Crippen LogP contribution in [-0.4, -0.2) is 47.1 Å². The Morgan fingerprint density at radius 2 is 2.18 bits per heavy atom. The lowest BCUT2D eigenvalue weighted by Crippen LogP contribution is -2.40. The van der Waals surface area contributed by atoms with Gasteiger partial charge >= 0.3 is 0 Å². The number of nitrogens with zero attached hydrogens (tertiary/aromatic N) is 1. The normalized spacial score (nSPS) is 36.9. The number of hydrogen-bond donors (Lipinski definition) is 2. The van der Waals surface area contributed by atoms with Crippen molar-refractivity contribution in [3.05, 3.63) is 18.1 Å². The fourth-order valence-corrected chi connectivity index (χ4v) is 4.96. The zero-order valence-corrected chi connectivity index (χ0v) is 14.5. The zero-order valence-electron chi connectivity index (χ0n) is 13.7. The fourth-order valence-electron chi connectivity index (χ4n) is 3.67. The summed E-state index contributed by atoms with van der Waals surface area (Å²) in [5.74, 6) is 1.53. The largest absolute Gasteiger partial charge is 0.299 e. The molecule has 0 aromatic carbocycles. The molecule has 3 aliphatic heterocycles. The SMILES string of the molecule is CC.CC(=O)C1SNC(C2=CC=[N+]3CCNC3[CH]2)C1C1CC1.[HH]. The first-order valence-corrected chi connectivity index (χ1v) is 9.42. The van der Waals surface area contributed by atoms with Crippen LogP contribution in [0.1, 0.15) is 35.0 Å². The number of allylic oxidation sites excluding steroid dienone is 1. The maximum atomic E-state index is 11.9.